The van der Waals surface area contributed by atoms with Crippen molar-refractivity contribution >= 4 is 11.9 Å². The van der Waals surface area contributed by atoms with Gasteiger partial charge < -0.3 is 14.8 Å². The highest BCUT2D eigenvalue weighted by molar-refractivity contribution is 6.32. The molecule has 1 saturated heterocycles. The third-order valence-corrected chi connectivity index (χ3v) is 3.00. The Hall–Kier alpha value is -1.10. The van der Waals surface area contributed by atoms with Gasteiger partial charge in [0.05, 0.1) is 18.8 Å². The second-order valence-corrected chi connectivity index (χ2v) is 4.26. The van der Waals surface area contributed by atoms with Crippen LogP contribution in [0.1, 0.15) is 26.2 Å². The van der Waals surface area contributed by atoms with Crippen molar-refractivity contribution in [3.63, 3.8) is 0 Å². The lowest BCUT2D eigenvalue weighted by molar-refractivity contribution is -0.155. The maximum absolute atomic E-state index is 11.4. The molecule has 0 radical (unpaired) electrons. The Morgan fingerprint density at radius 2 is 2.12 bits per heavy atom. The van der Waals surface area contributed by atoms with Gasteiger partial charge in [-0.15, -0.1) is 0 Å². The Morgan fingerprint density at radius 3 is 2.75 bits per heavy atom. The highest BCUT2D eigenvalue weighted by Gasteiger charge is 2.41. The van der Waals surface area contributed by atoms with E-state index >= 15 is 0 Å². The van der Waals surface area contributed by atoms with E-state index in [4.69, 9.17) is 4.74 Å². The minimum Gasteiger partial charge on any atom is -0.459 e. The number of amides is 1. The number of ether oxygens (including phenoxy) is 2. The van der Waals surface area contributed by atoms with Crippen LogP contribution in [-0.2, 0) is 19.1 Å². The summed E-state index contributed by atoms with van der Waals surface area (Å²) in [4.78, 5) is 22.6. The standard InChI is InChI=1S/C11H17NO4/c1-2-15-11(14)10(13)12-8-5-6-16-9(8)7-3-4-7/h7-9H,2-6H2,1H3,(H,12,13). The van der Waals surface area contributed by atoms with Gasteiger partial charge >= 0.3 is 11.9 Å². The van der Waals surface area contributed by atoms with Gasteiger partial charge in [0.25, 0.3) is 0 Å². The molecule has 1 heterocycles. The zero-order valence-electron chi connectivity index (χ0n) is 9.40. The maximum atomic E-state index is 11.4. The Kier molecular flexibility index (Phi) is 3.43. The van der Waals surface area contributed by atoms with Crippen LogP contribution < -0.4 is 5.32 Å². The minimum atomic E-state index is -0.802. The van der Waals surface area contributed by atoms with E-state index in [-0.39, 0.29) is 18.8 Å². The van der Waals surface area contributed by atoms with E-state index in [0.717, 1.165) is 19.3 Å². The van der Waals surface area contributed by atoms with Crippen LogP contribution in [0.3, 0.4) is 0 Å². The molecule has 0 spiro atoms. The lowest BCUT2D eigenvalue weighted by atomic mass is 10.1. The molecule has 0 aromatic rings. The van der Waals surface area contributed by atoms with Crippen LogP contribution in [0.5, 0.6) is 0 Å². The maximum Gasteiger partial charge on any atom is 0.396 e. The molecule has 1 aliphatic heterocycles. The molecular weight excluding hydrogens is 210 g/mol. The molecule has 0 aromatic heterocycles. The first-order chi connectivity index (χ1) is 7.72. The average molecular weight is 227 g/mol. The predicted octanol–water partition coefficient (Wildman–Crippen LogP) is 0.233. The molecule has 1 aliphatic carbocycles. The van der Waals surface area contributed by atoms with Crippen LogP contribution >= 0.6 is 0 Å². The first-order valence-electron chi connectivity index (χ1n) is 5.81. The molecular formula is C11H17NO4. The molecule has 0 bridgehead atoms. The molecule has 2 aliphatic rings. The molecule has 5 nitrogen and oxygen atoms in total. The first kappa shape index (κ1) is 11.4. The summed E-state index contributed by atoms with van der Waals surface area (Å²) in [7, 11) is 0. The van der Waals surface area contributed by atoms with Crippen molar-refractivity contribution in [2.24, 2.45) is 5.92 Å². The Balaban J connectivity index is 1.83. The van der Waals surface area contributed by atoms with E-state index in [1.54, 1.807) is 6.92 Å². The highest BCUT2D eigenvalue weighted by Crippen LogP contribution is 2.38. The lowest BCUT2D eigenvalue weighted by Crippen LogP contribution is -2.44. The molecule has 2 atom stereocenters. The number of nitrogens with one attached hydrogen (secondary N) is 1. The van der Waals surface area contributed by atoms with Gasteiger partial charge in [0.15, 0.2) is 0 Å². The normalized spacial score (nSPS) is 28.8. The summed E-state index contributed by atoms with van der Waals surface area (Å²) in [5.41, 5.74) is 0. The van der Waals surface area contributed by atoms with Crippen molar-refractivity contribution in [1.29, 1.82) is 0 Å². The summed E-state index contributed by atoms with van der Waals surface area (Å²) in [6.45, 7) is 2.56. The van der Waals surface area contributed by atoms with Gasteiger partial charge in [0, 0.05) is 6.61 Å². The van der Waals surface area contributed by atoms with E-state index in [2.05, 4.69) is 10.1 Å². The average Bonchev–Trinajstić information content (AvgIpc) is 3.00. The summed E-state index contributed by atoms with van der Waals surface area (Å²) < 4.78 is 10.2. The Morgan fingerprint density at radius 1 is 1.38 bits per heavy atom. The van der Waals surface area contributed by atoms with Crippen molar-refractivity contribution in [3.05, 3.63) is 0 Å². The number of esters is 1. The third kappa shape index (κ3) is 2.52. The van der Waals surface area contributed by atoms with Crippen molar-refractivity contribution in [2.45, 2.75) is 38.3 Å². The highest BCUT2D eigenvalue weighted by atomic mass is 16.5. The number of hydrogen-bond donors (Lipinski definition) is 1. The quantitative estimate of drug-likeness (QED) is 0.554. The SMILES string of the molecule is CCOC(=O)C(=O)NC1CCOC1C1CC1. The molecule has 0 aromatic carbocycles. The van der Waals surface area contributed by atoms with Gasteiger partial charge in [0.1, 0.15) is 0 Å². The fourth-order valence-corrected chi connectivity index (χ4v) is 2.08. The molecule has 5 heteroatoms. The van der Waals surface area contributed by atoms with E-state index < -0.39 is 11.9 Å². The van der Waals surface area contributed by atoms with Crippen LogP contribution in [-0.4, -0.2) is 37.2 Å². The number of hydrogen-bond acceptors (Lipinski definition) is 4. The van der Waals surface area contributed by atoms with Gasteiger partial charge in [-0.05, 0) is 32.1 Å². The van der Waals surface area contributed by atoms with Crippen molar-refractivity contribution in [1.82, 2.24) is 5.32 Å². The Bertz CT molecular complexity index is 288. The van der Waals surface area contributed by atoms with Gasteiger partial charge in [-0.1, -0.05) is 0 Å². The van der Waals surface area contributed by atoms with Crippen molar-refractivity contribution < 1.29 is 19.1 Å². The molecule has 2 unspecified atom stereocenters. The lowest BCUT2D eigenvalue weighted by Gasteiger charge is -2.18. The summed E-state index contributed by atoms with van der Waals surface area (Å²) in [5, 5.41) is 2.70. The first-order valence-corrected chi connectivity index (χ1v) is 5.81. The molecule has 2 fully saturated rings. The molecule has 1 amide bonds. The van der Waals surface area contributed by atoms with Crippen LogP contribution in [0, 0.1) is 5.92 Å². The molecule has 16 heavy (non-hydrogen) atoms. The smallest absolute Gasteiger partial charge is 0.396 e. The fourth-order valence-electron chi connectivity index (χ4n) is 2.08. The molecule has 2 rings (SSSR count). The van der Waals surface area contributed by atoms with Crippen LogP contribution in [0.4, 0.5) is 0 Å². The third-order valence-electron chi connectivity index (χ3n) is 3.00. The van der Waals surface area contributed by atoms with E-state index in [1.807, 2.05) is 0 Å². The molecule has 1 N–H and O–H groups in total. The number of carbonyl (C=O) groups excluding carboxylic acids is 2. The van der Waals surface area contributed by atoms with Crippen LogP contribution in [0.25, 0.3) is 0 Å². The predicted molar refractivity (Wildman–Crippen MR) is 55.6 cm³/mol. The van der Waals surface area contributed by atoms with Crippen LogP contribution in [0.2, 0.25) is 0 Å². The zero-order chi connectivity index (χ0) is 11.5. The molecule has 90 valence electrons. The van der Waals surface area contributed by atoms with Gasteiger partial charge in [-0.2, -0.15) is 0 Å². The number of rotatable bonds is 3. The van der Waals surface area contributed by atoms with Gasteiger partial charge in [-0.3, -0.25) is 4.79 Å². The summed E-state index contributed by atoms with van der Waals surface area (Å²) in [5.74, 6) is -0.887. The largest absolute Gasteiger partial charge is 0.459 e. The Labute approximate surface area is 94.5 Å². The van der Waals surface area contributed by atoms with E-state index in [9.17, 15) is 9.59 Å². The van der Waals surface area contributed by atoms with Crippen molar-refractivity contribution in [3.8, 4) is 0 Å². The zero-order valence-corrected chi connectivity index (χ0v) is 9.40. The van der Waals surface area contributed by atoms with Gasteiger partial charge in [-0.25, -0.2) is 4.79 Å². The fraction of sp³-hybridized carbons (Fsp3) is 0.818. The summed E-state index contributed by atoms with van der Waals surface area (Å²) in [6.07, 6.45) is 3.21. The summed E-state index contributed by atoms with van der Waals surface area (Å²) in [6, 6.07) is -0.0237. The second-order valence-electron chi connectivity index (χ2n) is 4.26. The van der Waals surface area contributed by atoms with E-state index in [0.29, 0.717) is 12.5 Å². The monoisotopic (exact) mass is 227 g/mol. The number of carbonyl (C=O) groups is 2. The molecule has 1 saturated carbocycles. The van der Waals surface area contributed by atoms with Crippen molar-refractivity contribution in [2.75, 3.05) is 13.2 Å². The second kappa shape index (κ2) is 4.82. The van der Waals surface area contributed by atoms with Gasteiger partial charge in [0.2, 0.25) is 0 Å². The topological polar surface area (TPSA) is 64.6 Å². The van der Waals surface area contributed by atoms with E-state index in [1.165, 1.54) is 0 Å². The minimum absolute atomic E-state index is 0.0237. The van der Waals surface area contributed by atoms with Crippen LogP contribution in [0.15, 0.2) is 0 Å². The summed E-state index contributed by atoms with van der Waals surface area (Å²) >= 11 is 0.